The second-order valence-electron chi connectivity index (χ2n) is 5.81. The van der Waals surface area contributed by atoms with Crippen molar-refractivity contribution in [1.29, 1.82) is 0 Å². The Kier molecular flexibility index (Phi) is 3.87. The number of hydrogen-bond donors (Lipinski definition) is 2. The first kappa shape index (κ1) is 14.0. The quantitative estimate of drug-likeness (QED) is 0.783. The molecule has 0 radical (unpaired) electrons. The summed E-state index contributed by atoms with van der Waals surface area (Å²) < 4.78 is 1.45. The van der Waals surface area contributed by atoms with E-state index in [0.717, 1.165) is 25.7 Å². The summed E-state index contributed by atoms with van der Waals surface area (Å²) in [7, 11) is 0. The molecule has 0 spiro atoms. The summed E-state index contributed by atoms with van der Waals surface area (Å²) in [4.78, 5) is 25.6. The normalized spacial score (nSPS) is 22.1. The Balaban J connectivity index is 1.52. The number of rotatable bonds is 4. The highest BCUT2D eigenvalue weighted by Gasteiger charge is 2.26. The van der Waals surface area contributed by atoms with Crippen LogP contribution in [0.1, 0.15) is 25.7 Å². The van der Waals surface area contributed by atoms with Gasteiger partial charge in [0.25, 0.3) is 0 Å². The van der Waals surface area contributed by atoms with Crippen molar-refractivity contribution in [3.8, 4) is 0 Å². The highest BCUT2D eigenvalue weighted by atomic mass is 16.2. The van der Waals surface area contributed by atoms with Gasteiger partial charge < -0.3 is 16.0 Å². The lowest BCUT2D eigenvalue weighted by Gasteiger charge is -2.23. The molecule has 1 atom stereocenters. The number of nitrogens with zero attached hydrogens (tertiary/aromatic N) is 4. The van der Waals surface area contributed by atoms with Crippen molar-refractivity contribution in [1.82, 2.24) is 19.9 Å². The van der Waals surface area contributed by atoms with Crippen LogP contribution in [0.15, 0.2) is 6.20 Å². The van der Waals surface area contributed by atoms with Gasteiger partial charge in [0.15, 0.2) is 5.82 Å². The molecule has 114 valence electrons. The summed E-state index contributed by atoms with van der Waals surface area (Å²) in [5.74, 6) is 0.468. The van der Waals surface area contributed by atoms with Gasteiger partial charge in [-0.15, -0.1) is 5.10 Å². The Hall–Kier alpha value is -1.96. The number of amides is 2. The van der Waals surface area contributed by atoms with Gasteiger partial charge >= 0.3 is 0 Å². The molecule has 2 fully saturated rings. The SMILES string of the molecule is NC1CCN(C(=O)Cn2cc(NC(=O)C3CCC3)nn2)C1. The Morgan fingerprint density at radius 2 is 2.19 bits per heavy atom. The van der Waals surface area contributed by atoms with Crippen LogP contribution in [0.25, 0.3) is 0 Å². The molecule has 1 aromatic rings. The summed E-state index contributed by atoms with van der Waals surface area (Å²) in [6.45, 7) is 1.41. The molecule has 8 heteroatoms. The van der Waals surface area contributed by atoms with Crippen LogP contribution in [0.3, 0.4) is 0 Å². The van der Waals surface area contributed by atoms with Crippen LogP contribution in [0.2, 0.25) is 0 Å². The summed E-state index contributed by atoms with van der Waals surface area (Å²) in [5.41, 5.74) is 5.79. The third-order valence-electron chi connectivity index (χ3n) is 4.14. The first-order valence-electron chi connectivity index (χ1n) is 7.36. The summed E-state index contributed by atoms with van der Waals surface area (Å²) in [5, 5.41) is 10.5. The van der Waals surface area contributed by atoms with Crippen LogP contribution in [-0.2, 0) is 16.1 Å². The smallest absolute Gasteiger partial charge is 0.244 e. The van der Waals surface area contributed by atoms with Gasteiger partial charge in [0.05, 0.1) is 6.20 Å². The van der Waals surface area contributed by atoms with Gasteiger partial charge in [-0.3, -0.25) is 9.59 Å². The topological polar surface area (TPSA) is 106 Å². The minimum atomic E-state index is -0.0234. The second-order valence-corrected chi connectivity index (χ2v) is 5.81. The lowest BCUT2D eigenvalue weighted by atomic mass is 9.85. The molecule has 21 heavy (non-hydrogen) atoms. The van der Waals surface area contributed by atoms with Crippen molar-refractivity contribution in [3.63, 3.8) is 0 Å². The average molecular weight is 292 g/mol. The predicted molar refractivity (Wildman–Crippen MR) is 75.2 cm³/mol. The van der Waals surface area contributed by atoms with E-state index in [2.05, 4.69) is 15.6 Å². The van der Waals surface area contributed by atoms with Gasteiger partial charge in [-0.2, -0.15) is 0 Å². The Labute approximate surface area is 122 Å². The molecule has 3 rings (SSSR count). The number of hydrogen-bond acceptors (Lipinski definition) is 5. The van der Waals surface area contributed by atoms with E-state index in [4.69, 9.17) is 5.73 Å². The first-order valence-corrected chi connectivity index (χ1v) is 7.36. The molecule has 1 unspecified atom stereocenters. The minimum Gasteiger partial charge on any atom is -0.339 e. The fourth-order valence-electron chi connectivity index (χ4n) is 2.58. The van der Waals surface area contributed by atoms with Crippen LogP contribution >= 0.6 is 0 Å². The van der Waals surface area contributed by atoms with E-state index in [0.29, 0.717) is 18.9 Å². The lowest BCUT2D eigenvalue weighted by Crippen LogP contribution is -2.34. The monoisotopic (exact) mass is 292 g/mol. The number of nitrogens with one attached hydrogen (secondary N) is 1. The zero-order chi connectivity index (χ0) is 14.8. The van der Waals surface area contributed by atoms with Crippen LogP contribution in [0.5, 0.6) is 0 Å². The molecule has 2 amide bonds. The molecule has 1 aliphatic heterocycles. The second kappa shape index (κ2) is 5.80. The minimum absolute atomic E-state index is 0.00913. The molecule has 1 saturated heterocycles. The highest BCUT2D eigenvalue weighted by Crippen LogP contribution is 2.27. The van der Waals surface area contributed by atoms with Gasteiger partial charge in [0.2, 0.25) is 11.8 Å². The number of nitrogens with two attached hydrogens (primary N) is 1. The maximum absolute atomic E-state index is 12.0. The molecule has 1 saturated carbocycles. The summed E-state index contributed by atoms with van der Waals surface area (Å²) >= 11 is 0. The number of likely N-dealkylation sites (tertiary alicyclic amines) is 1. The van der Waals surface area contributed by atoms with Crippen LogP contribution in [0, 0.1) is 5.92 Å². The van der Waals surface area contributed by atoms with E-state index in [1.165, 1.54) is 4.68 Å². The van der Waals surface area contributed by atoms with Crippen molar-refractivity contribution in [2.45, 2.75) is 38.3 Å². The molecular formula is C13H20N6O2. The third-order valence-corrected chi connectivity index (χ3v) is 4.14. The molecule has 1 aromatic heterocycles. The number of anilines is 1. The van der Waals surface area contributed by atoms with Crippen molar-refractivity contribution in [2.24, 2.45) is 11.7 Å². The van der Waals surface area contributed by atoms with E-state index in [1.54, 1.807) is 11.1 Å². The molecule has 8 nitrogen and oxygen atoms in total. The van der Waals surface area contributed by atoms with E-state index in [9.17, 15) is 9.59 Å². The summed E-state index contributed by atoms with van der Waals surface area (Å²) in [6, 6.07) is 0.0713. The van der Waals surface area contributed by atoms with Gasteiger partial charge in [-0.25, -0.2) is 4.68 Å². The van der Waals surface area contributed by atoms with E-state index < -0.39 is 0 Å². The van der Waals surface area contributed by atoms with E-state index in [1.807, 2.05) is 0 Å². The van der Waals surface area contributed by atoms with Gasteiger partial charge in [0, 0.05) is 25.0 Å². The maximum Gasteiger partial charge on any atom is 0.244 e. The Morgan fingerprint density at radius 3 is 2.81 bits per heavy atom. The molecule has 2 heterocycles. The number of carbonyl (C=O) groups excluding carboxylic acids is 2. The molecule has 2 aliphatic rings. The zero-order valence-electron chi connectivity index (χ0n) is 11.9. The van der Waals surface area contributed by atoms with Gasteiger partial charge in [0.1, 0.15) is 6.54 Å². The number of aromatic nitrogens is 3. The third kappa shape index (κ3) is 3.21. The van der Waals surface area contributed by atoms with Crippen LogP contribution in [-0.4, -0.2) is 50.8 Å². The predicted octanol–water partition coefficient (Wildman–Crippen LogP) is -0.424. The van der Waals surface area contributed by atoms with Crippen molar-refractivity contribution < 1.29 is 9.59 Å². The molecule has 0 bridgehead atoms. The maximum atomic E-state index is 12.0. The summed E-state index contributed by atoms with van der Waals surface area (Å²) in [6.07, 6.45) is 5.41. The van der Waals surface area contributed by atoms with Crippen molar-refractivity contribution >= 4 is 17.6 Å². The van der Waals surface area contributed by atoms with Crippen LogP contribution < -0.4 is 11.1 Å². The lowest BCUT2D eigenvalue weighted by molar-refractivity contribution is -0.131. The van der Waals surface area contributed by atoms with Gasteiger partial charge in [-0.1, -0.05) is 11.6 Å². The van der Waals surface area contributed by atoms with Crippen molar-refractivity contribution in [3.05, 3.63) is 6.20 Å². The van der Waals surface area contributed by atoms with E-state index in [-0.39, 0.29) is 30.3 Å². The fourth-order valence-corrected chi connectivity index (χ4v) is 2.58. The molecule has 1 aliphatic carbocycles. The van der Waals surface area contributed by atoms with Crippen molar-refractivity contribution in [2.75, 3.05) is 18.4 Å². The highest BCUT2D eigenvalue weighted by molar-refractivity contribution is 5.92. The molecule has 3 N–H and O–H groups in total. The molecular weight excluding hydrogens is 272 g/mol. The largest absolute Gasteiger partial charge is 0.339 e. The Bertz CT molecular complexity index is 539. The molecule has 0 aromatic carbocycles. The number of carbonyl (C=O) groups is 2. The zero-order valence-corrected chi connectivity index (χ0v) is 11.9. The van der Waals surface area contributed by atoms with Crippen LogP contribution in [0.4, 0.5) is 5.82 Å². The first-order chi connectivity index (χ1) is 10.1. The standard InChI is InChI=1S/C13H20N6O2/c14-10-4-5-18(6-10)12(20)8-19-7-11(16-17-19)15-13(21)9-2-1-3-9/h7,9-10H,1-6,8,14H2,(H,15,21). The van der Waals surface area contributed by atoms with E-state index >= 15 is 0 Å². The average Bonchev–Trinajstić information content (AvgIpc) is 2.96. The van der Waals surface area contributed by atoms with Gasteiger partial charge in [-0.05, 0) is 19.3 Å². The Morgan fingerprint density at radius 1 is 1.38 bits per heavy atom. The fraction of sp³-hybridized carbons (Fsp3) is 0.692.